The van der Waals surface area contributed by atoms with Gasteiger partial charge in [-0.05, 0) is 31.0 Å². The Bertz CT molecular complexity index is 849. The Hall–Kier alpha value is -2.90. The van der Waals surface area contributed by atoms with Gasteiger partial charge in [-0.2, -0.15) is 5.10 Å². The Labute approximate surface area is 132 Å². The molecule has 1 aliphatic rings. The van der Waals surface area contributed by atoms with Gasteiger partial charge in [0, 0.05) is 24.8 Å². The maximum Gasteiger partial charge on any atom is 0.346 e. The molecule has 23 heavy (non-hydrogen) atoms. The lowest BCUT2D eigenvalue weighted by molar-refractivity contribution is -0.117. The topological polar surface area (TPSA) is 98.0 Å². The van der Waals surface area contributed by atoms with Crippen molar-refractivity contribution in [1.29, 1.82) is 0 Å². The number of nitrogens with one attached hydrogen (secondary N) is 2. The second-order valence-corrected chi connectivity index (χ2v) is 5.51. The minimum Gasteiger partial charge on any atom is -0.326 e. The first-order chi connectivity index (χ1) is 10.9. The molecule has 0 saturated carbocycles. The fourth-order valence-corrected chi connectivity index (χ4v) is 2.49. The van der Waals surface area contributed by atoms with E-state index in [1.807, 2.05) is 6.07 Å². The summed E-state index contributed by atoms with van der Waals surface area (Å²) < 4.78 is 2.49. The third-order valence-corrected chi connectivity index (χ3v) is 3.84. The number of aryl methyl sites for hydroxylation is 2. The summed E-state index contributed by atoms with van der Waals surface area (Å²) in [7, 11) is 1.60. The van der Waals surface area contributed by atoms with Crippen LogP contribution in [0, 0.1) is 6.92 Å². The average molecular weight is 315 g/mol. The molecule has 0 saturated heterocycles. The number of benzene rings is 1. The van der Waals surface area contributed by atoms with E-state index in [1.165, 1.54) is 4.57 Å². The summed E-state index contributed by atoms with van der Waals surface area (Å²) in [5.41, 5.74) is 1.98. The highest BCUT2D eigenvalue weighted by molar-refractivity contribution is 5.96. The lowest BCUT2D eigenvalue weighted by Crippen LogP contribution is -2.29. The van der Waals surface area contributed by atoms with Gasteiger partial charge in [-0.3, -0.25) is 14.2 Å². The molecule has 0 aliphatic carbocycles. The summed E-state index contributed by atoms with van der Waals surface area (Å²) in [4.78, 5) is 35.3. The first-order valence-electron chi connectivity index (χ1n) is 7.27. The van der Waals surface area contributed by atoms with Crippen LogP contribution in [0.2, 0.25) is 0 Å². The predicted octanol–water partition coefficient (Wildman–Crippen LogP) is 0.414. The van der Waals surface area contributed by atoms with Gasteiger partial charge in [-0.1, -0.05) is 6.07 Å². The average Bonchev–Trinajstić information content (AvgIpc) is 2.74. The molecule has 8 nitrogen and oxygen atoms in total. The van der Waals surface area contributed by atoms with E-state index in [2.05, 4.69) is 15.7 Å². The van der Waals surface area contributed by atoms with Crippen molar-refractivity contribution in [2.45, 2.75) is 26.3 Å². The molecule has 3 rings (SSSR count). The van der Waals surface area contributed by atoms with E-state index >= 15 is 0 Å². The van der Waals surface area contributed by atoms with E-state index in [0.29, 0.717) is 30.0 Å². The highest BCUT2D eigenvalue weighted by Gasteiger charge is 2.16. The van der Waals surface area contributed by atoms with Crippen molar-refractivity contribution in [3.8, 4) is 0 Å². The number of nitrogens with zero attached hydrogens (tertiary/aromatic N) is 3. The van der Waals surface area contributed by atoms with Crippen LogP contribution in [-0.2, 0) is 29.6 Å². The molecule has 0 radical (unpaired) electrons. The van der Waals surface area contributed by atoms with Gasteiger partial charge in [0.15, 0.2) is 0 Å². The number of aromatic nitrogens is 3. The molecule has 8 heteroatoms. The molecular weight excluding hydrogens is 298 g/mol. The normalized spacial score (nSPS) is 13.4. The van der Waals surface area contributed by atoms with Crippen molar-refractivity contribution < 1.29 is 9.59 Å². The van der Waals surface area contributed by atoms with Crippen molar-refractivity contribution in [1.82, 2.24) is 14.3 Å². The van der Waals surface area contributed by atoms with Gasteiger partial charge in [0.05, 0.1) is 0 Å². The monoisotopic (exact) mass is 315 g/mol. The maximum atomic E-state index is 12.1. The molecule has 2 amide bonds. The number of anilines is 2. The summed E-state index contributed by atoms with van der Waals surface area (Å²) in [6.07, 6.45) is 1.17. The van der Waals surface area contributed by atoms with Crippen molar-refractivity contribution in [3.63, 3.8) is 0 Å². The molecule has 2 heterocycles. The Kier molecular flexibility index (Phi) is 3.73. The number of amides is 2. The second-order valence-electron chi connectivity index (χ2n) is 5.51. The van der Waals surface area contributed by atoms with Gasteiger partial charge in [0.2, 0.25) is 11.8 Å². The molecule has 2 N–H and O–H groups in total. The Morgan fingerprint density at radius 2 is 2.13 bits per heavy atom. The molecule has 120 valence electrons. The van der Waals surface area contributed by atoms with Crippen LogP contribution < -0.4 is 16.3 Å². The number of rotatable bonds is 3. The van der Waals surface area contributed by atoms with Crippen LogP contribution in [0.15, 0.2) is 23.0 Å². The summed E-state index contributed by atoms with van der Waals surface area (Å²) in [6, 6.07) is 5.37. The van der Waals surface area contributed by atoms with E-state index in [-0.39, 0.29) is 24.0 Å². The Morgan fingerprint density at radius 1 is 1.35 bits per heavy atom. The third-order valence-electron chi connectivity index (χ3n) is 3.84. The van der Waals surface area contributed by atoms with Crippen molar-refractivity contribution in [2.24, 2.45) is 7.05 Å². The zero-order chi connectivity index (χ0) is 16.6. The van der Waals surface area contributed by atoms with E-state index in [0.717, 1.165) is 10.2 Å². The predicted molar refractivity (Wildman–Crippen MR) is 84.2 cm³/mol. The molecular formula is C15H17N5O3. The molecule has 2 aromatic rings. The second kappa shape index (κ2) is 5.71. The van der Waals surface area contributed by atoms with Crippen LogP contribution in [0.4, 0.5) is 11.4 Å². The fourth-order valence-electron chi connectivity index (χ4n) is 2.49. The number of hydrogen-bond acceptors (Lipinski definition) is 4. The smallest absolute Gasteiger partial charge is 0.326 e. The Morgan fingerprint density at radius 3 is 2.83 bits per heavy atom. The van der Waals surface area contributed by atoms with Gasteiger partial charge < -0.3 is 10.6 Å². The van der Waals surface area contributed by atoms with E-state index in [1.54, 1.807) is 26.1 Å². The fraction of sp³-hybridized carbons (Fsp3) is 0.333. The number of hydrogen-bond donors (Lipinski definition) is 2. The van der Waals surface area contributed by atoms with Crippen LogP contribution >= 0.6 is 0 Å². The van der Waals surface area contributed by atoms with Gasteiger partial charge in [0.25, 0.3) is 0 Å². The van der Waals surface area contributed by atoms with Crippen molar-refractivity contribution in [2.75, 3.05) is 10.6 Å². The highest BCUT2D eigenvalue weighted by Crippen LogP contribution is 2.25. The van der Waals surface area contributed by atoms with Crippen LogP contribution in [0.5, 0.6) is 0 Å². The van der Waals surface area contributed by atoms with E-state index in [4.69, 9.17) is 0 Å². The number of carbonyl (C=O) groups excluding carboxylic acids is 2. The molecule has 1 aliphatic heterocycles. The summed E-state index contributed by atoms with van der Waals surface area (Å²) in [5.74, 6) is 0.156. The van der Waals surface area contributed by atoms with Crippen molar-refractivity contribution >= 4 is 23.2 Å². The lowest BCUT2D eigenvalue weighted by Gasteiger charge is -2.17. The molecule has 0 atom stereocenters. The maximum absolute atomic E-state index is 12.1. The van der Waals surface area contributed by atoms with Crippen LogP contribution in [-0.4, -0.2) is 26.2 Å². The largest absolute Gasteiger partial charge is 0.346 e. The lowest BCUT2D eigenvalue weighted by atomic mass is 10.0. The first-order valence-corrected chi connectivity index (χ1v) is 7.27. The number of carbonyl (C=O) groups is 2. The molecule has 0 bridgehead atoms. The Balaban J connectivity index is 1.73. The molecule has 0 unspecified atom stereocenters. The standard InChI is InChI=1S/C15H17N5O3/c1-9-18-20(15(23)19(9)2)8-14(22)16-11-5-3-10-4-6-13(21)17-12(10)7-11/h3,5,7H,4,6,8H2,1-2H3,(H,16,22)(H,17,21). The van der Waals surface area contributed by atoms with E-state index < -0.39 is 0 Å². The van der Waals surface area contributed by atoms with Gasteiger partial charge in [-0.25, -0.2) is 9.48 Å². The van der Waals surface area contributed by atoms with Gasteiger partial charge >= 0.3 is 5.69 Å². The van der Waals surface area contributed by atoms with Crippen LogP contribution in [0.3, 0.4) is 0 Å². The third kappa shape index (κ3) is 3.01. The SMILES string of the molecule is Cc1nn(CC(=O)Nc2ccc3c(c2)NC(=O)CC3)c(=O)n1C. The molecule has 1 aromatic heterocycles. The quantitative estimate of drug-likeness (QED) is 0.857. The number of fused-ring (bicyclic) bond motifs is 1. The zero-order valence-electron chi connectivity index (χ0n) is 12.9. The minimum atomic E-state index is -0.354. The summed E-state index contributed by atoms with van der Waals surface area (Å²) >= 11 is 0. The molecule has 0 spiro atoms. The van der Waals surface area contributed by atoms with Crippen molar-refractivity contribution in [3.05, 3.63) is 40.1 Å². The van der Waals surface area contributed by atoms with Crippen LogP contribution in [0.25, 0.3) is 0 Å². The highest BCUT2D eigenvalue weighted by atomic mass is 16.2. The van der Waals surface area contributed by atoms with E-state index in [9.17, 15) is 14.4 Å². The summed E-state index contributed by atoms with van der Waals surface area (Å²) in [5, 5.41) is 9.51. The van der Waals surface area contributed by atoms with Gasteiger partial charge in [0.1, 0.15) is 12.4 Å². The zero-order valence-corrected chi connectivity index (χ0v) is 12.9. The molecule has 1 aromatic carbocycles. The van der Waals surface area contributed by atoms with Gasteiger partial charge in [-0.15, -0.1) is 0 Å². The summed E-state index contributed by atoms with van der Waals surface area (Å²) in [6.45, 7) is 1.53. The van der Waals surface area contributed by atoms with Crippen LogP contribution in [0.1, 0.15) is 17.8 Å². The first kappa shape index (κ1) is 15.0. The minimum absolute atomic E-state index is 0.0310. The molecule has 0 fully saturated rings.